The molecule has 0 spiro atoms. The molecular weight excluding hydrogens is 366 g/mol. The second kappa shape index (κ2) is 7.24. The normalized spacial score (nSPS) is 21.0. The van der Waals surface area contributed by atoms with Crippen LogP contribution in [0.5, 0.6) is 0 Å². The number of sulfonamides is 1. The van der Waals surface area contributed by atoms with Crippen molar-refractivity contribution in [2.75, 3.05) is 19.6 Å². The molecule has 2 heterocycles. The number of carbonyl (C=O) groups is 2. The van der Waals surface area contributed by atoms with Gasteiger partial charge < -0.3 is 10.2 Å². The molecule has 1 aromatic rings. The van der Waals surface area contributed by atoms with Crippen molar-refractivity contribution in [3.8, 4) is 0 Å². The van der Waals surface area contributed by atoms with Crippen LogP contribution in [0.15, 0.2) is 29.2 Å². The number of benzene rings is 1. The highest BCUT2D eigenvalue weighted by molar-refractivity contribution is 7.90. The predicted molar refractivity (Wildman–Crippen MR) is 102 cm³/mol. The number of fused-ring (bicyclic) bond motifs is 1. The minimum atomic E-state index is -4.01. The van der Waals surface area contributed by atoms with Crippen LogP contribution in [-0.2, 0) is 14.8 Å². The summed E-state index contributed by atoms with van der Waals surface area (Å²) in [6, 6.07) is 4.94. The molecule has 0 bridgehead atoms. The monoisotopic (exact) mass is 393 g/mol. The van der Waals surface area contributed by atoms with Gasteiger partial charge in [-0.25, -0.2) is 12.7 Å². The minimum absolute atomic E-state index is 0.0396. The van der Waals surface area contributed by atoms with Gasteiger partial charge in [0.05, 0.1) is 5.56 Å². The molecule has 1 atom stereocenters. The summed E-state index contributed by atoms with van der Waals surface area (Å²) >= 11 is 0. The molecule has 7 nitrogen and oxygen atoms in total. The van der Waals surface area contributed by atoms with Gasteiger partial charge in [-0.05, 0) is 58.8 Å². The van der Waals surface area contributed by atoms with Crippen LogP contribution in [0.2, 0.25) is 0 Å². The number of carbonyl (C=O) groups excluding carboxylic acids is 2. The van der Waals surface area contributed by atoms with Crippen LogP contribution in [0.25, 0.3) is 0 Å². The molecule has 1 N–H and O–H groups in total. The molecule has 0 aliphatic carbocycles. The number of nitrogens with zero attached hydrogens (tertiary/aromatic N) is 2. The van der Waals surface area contributed by atoms with Gasteiger partial charge in [-0.2, -0.15) is 0 Å². The number of nitrogens with one attached hydrogen (secondary N) is 1. The van der Waals surface area contributed by atoms with E-state index < -0.39 is 33.4 Å². The third kappa shape index (κ3) is 3.87. The van der Waals surface area contributed by atoms with Crippen LogP contribution in [0.1, 0.15) is 50.4 Å². The molecule has 2 aliphatic rings. The zero-order valence-electron chi connectivity index (χ0n) is 16.1. The van der Waals surface area contributed by atoms with E-state index in [-0.39, 0.29) is 10.5 Å². The number of likely N-dealkylation sites (tertiary alicyclic amines) is 1. The van der Waals surface area contributed by atoms with Gasteiger partial charge in [0.25, 0.3) is 15.9 Å². The molecule has 148 valence electrons. The van der Waals surface area contributed by atoms with E-state index in [1.54, 1.807) is 12.1 Å². The van der Waals surface area contributed by atoms with E-state index in [1.807, 2.05) is 13.8 Å². The van der Waals surface area contributed by atoms with Gasteiger partial charge in [0, 0.05) is 12.1 Å². The fourth-order valence-corrected chi connectivity index (χ4v) is 5.57. The maximum Gasteiger partial charge on any atom is 0.269 e. The Hall–Kier alpha value is -1.93. The highest BCUT2D eigenvalue weighted by atomic mass is 32.2. The fraction of sp³-hybridized carbons (Fsp3) is 0.579. The van der Waals surface area contributed by atoms with E-state index in [2.05, 4.69) is 10.2 Å². The van der Waals surface area contributed by atoms with Crippen molar-refractivity contribution < 1.29 is 18.0 Å². The Bertz CT molecular complexity index is 844. The summed E-state index contributed by atoms with van der Waals surface area (Å²) in [5, 5.41) is 2.93. The third-order valence-corrected chi connectivity index (χ3v) is 7.03. The van der Waals surface area contributed by atoms with E-state index in [0.717, 1.165) is 25.9 Å². The second-order valence-electron chi connectivity index (χ2n) is 7.99. The standard InChI is InChI=1S/C19H27N3O4S/c1-14(17(23)20-19(2,3)13-21-11-7-4-8-12-21)22-18(24)15-9-5-6-10-16(15)27(22,25)26/h5-6,9-10,14H,4,7-8,11-13H2,1-3H3,(H,20,23). The molecule has 8 heteroatoms. The average molecular weight is 394 g/mol. The smallest absolute Gasteiger partial charge is 0.269 e. The largest absolute Gasteiger partial charge is 0.348 e. The van der Waals surface area contributed by atoms with Crippen molar-refractivity contribution in [2.24, 2.45) is 0 Å². The molecule has 2 amide bonds. The zero-order valence-corrected chi connectivity index (χ0v) is 16.9. The molecule has 1 fully saturated rings. The summed E-state index contributed by atoms with van der Waals surface area (Å²) in [5.41, 5.74) is -0.410. The number of hydrogen-bond donors (Lipinski definition) is 1. The molecule has 1 aromatic carbocycles. The second-order valence-corrected chi connectivity index (χ2v) is 9.77. The van der Waals surface area contributed by atoms with Crippen molar-refractivity contribution in [1.82, 2.24) is 14.5 Å². The van der Waals surface area contributed by atoms with Crippen molar-refractivity contribution in [3.63, 3.8) is 0 Å². The highest BCUT2D eigenvalue weighted by Gasteiger charge is 2.46. The average Bonchev–Trinajstić information content (AvgIpc) is 2.81. The lowest BCUT2D eigenvalue weighted by Crippen LogP contribution is -2.57. The third-order valence-electron chi connectivity index (χ3n) is 5.11. The van der Waals surface area contributed by atoms with E-state index in [9.17, 15) is 18.0 Å². The van der Waals surface area contributed by atoms with Crippen LogP contribution < -0.4 is 5.32 Å². The topological polar surface area (TPSA) is 86.8 Å². The Kier molecular flexibility index (Phi) is 5.31. The summed E-state index contributed by atoms with van der Waals surface area (Å²) in [7, 11) is -4.01. The number of amides is 2. The van der Waals surface area contributed by atoms with Gasteiger partial charge in [0.15, 0.2) is 0 Å². The van der Waals surface area contributed by atoms with E-state index in [4.69, 9.17) is 0 Å². The molecule has 0 radical (unpaired) electrons. The molecule has 3 rings (SSSR count). The Labute approximate surface area is 160 Å². The first-order valence-corrected chi connectivity index (χ1v) is 10.8. The molecule has 27 heavy (non-hydrogen) atoms. The van der Waals surface area contributed by atoms with E-state index in [0.29, 0.717) is 10.8 Å². The Morgan fingerprint density at radius 1 is 1.19 bits per heavy atom. The molecule has 2 aliphatic heterocycles. The maximum absolute atomic E-state index is 12.8. The van der Waals surface area contributed by atoms with Gasteiger partial charge in [-0.3, -0.25) is 9.59 Å². The van der Waals surface area contributed by atoms with Gasteiger partial charge in [-0.1, -0.05) is 18.6 Å². The first-order valence-electron chi connectivity index (χ1n) is 9.36. The summed E-state index contributed by atoms with van der Waals surface area (Å²) in [4.78, 5) is 27.7. The SMILES string of the molecule is CC(C(=O)NC(C)(C)CN1CCCCC1)N1C(=O)c2ccccc2S1(=O)=O. The van der Waals surface area contributed by atoms with Crippen LogP contribution in [0, 0.1) is 0 Å². The van der Waals surface area contributed by atoms with Crippen LogP contribution in [-0.4, -0.2) is 60.7 Å². The van der Waals surface area contributed by atoms with Crippen LogP contribution >= 0.6 is 0 Å². The summed E-state index contributed by atoms with van der Waals surface area (Å²) in [6.07, 6.45) is 3.54. The Morgan fingerprint density at radius 2 is 1.81 bits per heavy atom. The lowest BCUT2D eigenvalue weighted by Gasteiger charge is -2.36. The molecular formula is C19H27N3O4S. The minimum Gasteiger partial charge on any atom is -0.348 e. The lowest BCUT2D eigenvalue weighted by atomic mass is 10.0. The van der Waals surface area contributed by atoms with Crippen LogP contribution in [0.4, 0.5) is 0 Å². The Morgan fingerprint density at radius 3 is 2.44 bits per heavy atom. The molecule has 1 unspecified atom stereocenters. The number of rotatable bonds is 5. The summed E-state index contributed by atoms with van der Waals surface area (Å²) < 4.78 is 26.2. The summed E-state index contributed by atoms with van der Waals surface area (Å²) in [6.45, 7) is 7.98. The van der Waals surface area contributed by atoms with Gasteiger partial charge >= 0.3 is 0 Å². The van der Waals surface area contributed by atoms with Gasteiger partial charge in [0.2, 0.25) is 5.91 Å². The zero-order chi connectivity index (χ0) is 19.8. The van der Waals surface area contributed by atoms with Gasteiger partial charge in [-0.15, -0.1) is 0 Å². The first kappa shape index (κ1) is 19.8. The van der Waals surface area contributed by atoms with Crippen molar-refractivity contribution in [3.05, 3.63) is 29.8 Å². The number of piperidine rings is 1. The van der Waals surface area contributed by atoms with Crippen molar-refractivity contribution >= 4 is 21.8 Å². The lowest BCUT2D eigenvalue weighted by molar-refractivity contribution is -0.125. The molecule has 1 saturated heterocycles. The van der Waals surface area contributed by atoms with Gasteiger partial charge in [0.1, 0.15) is 10.9 Å². The maximum atomic E-state index is 12.8. The molecule has 0 saturated carbocycles. The quantitative estimate of drug-likeness (QED) is 0.821. The Balaban J connectivity index is 1.73. The summed E-state index contributed by atoms with van der Waals surface area (Å²) in [5.74, 6) is -1.12. The molecule has 0 aromatic heterocycles. The fourth-order valence-electron chi connectivity index (χ4n) is 3.85. The predicted octanol–water partition coefficient (Wildman–Crippen LogP) is 1.60. The number of hydrogen-bond acceptors (Lipinski definition) is 5. The van der Waals surface area contributed by atoms with Crippen LogP contribution in [0.3, 0.4) is 0 Å². The van der Waals surface area contributed by atoms with Crippen molar-refractivity contribution in [2.45, 2.75) is 56.5 Å². The first-order chi connectivity index (χ1) is 12.6. The highest BCUT2D eigenvalue weighted by Crippen LogP contribution is 2.31. The van der Waals surface area contributed by atoms with Crippen molar-refractivity contribution in [1.29, 1.82) is 0 Å². The van der Waals surface area contributed by atoms with E-state index >= 15 is 0 Å². The van der Waals surface area contributed by atoms with E-state index in [1.165, 1.54) is 25.5 Å².